The molecule has 7 heteroatoms. The Morgan fingerprint density at radius 3 is 2.50 bits per heavy atom. The summed E-state index contributed by atoms with van der Waals surface area (Å²) in [5.41, 5.74) is 1.56. The van der Waals surface area contributed by atoms with E-state index in [1.807, 2.05) is 6.07 Å². The molecule has 0 saturated heterocycles. The Balaban J connectivity index is 1.69. The molecule has 2 aromatic rings. The molecule has 0 bridgehead atoms. The average molecular weight is 373 g/mol. The molecule has 6 nitrogen and oxygen atoms in total. The first kappa shape index (κ1) is 18.4. The average Bonchev–Trinajstić information content (AvgIpc) is 3.41. The number of hydrogen-bond donors (Lipinski definition) is 3. The molecular formula is C19H23N3O3S. The standard InChI is InChI=1S/C19H23N3O3S/c1-14-7-10-17(21-19(23)13-20-12-15-8-9-15)11-18(14)26(24,25)22-16-5-3-2-4-6-16/h2-7,10-11,15,20,22H,8-9,12-13H2,1H3,(H,21,23). The number of carbonyl (C=O) groups is 1. The number of aryl methyl sites for hydroxylation is 1. The van der Waals surface area contributed by atoms with Crippen molar-refractivity contribution in [3.63, 3.8) is 0 Å². The van der Waals surface area contributed by atoms with Gasteiger partial charge in [-0.3, -0.25) is 9.52 Å². The molecule has 1 saturated carbocycles. The van der Waals surface area contributed by atoms with Gasteiger partial charge in [-0.1, -0.05) is 24.3 Å². The third-order valence-corrected chi connectivity index (χ3v) is 5.73. The van der Waals surface area contributed by atoms with E-state index in [-0.39, 0.29) is 17.3 Å². The summed E-state index contributed by atoms with van der Waals surface area (Å²) in [6.07, 6.45) is 2.45. The number of para-hydroxylation sites is 1. The van der Waals surface area contributed by atoms with Crippen LogP contribution in [-0.4, -0.2) is 27.4 Å². The lowest BCUT2D eigenvalue weighted by Gasteiger charge is -2.13. The summed E-state index contributed by atoms with van der Waals surface area (Å²) in [5.74, 6) is 0.511. The summed E-state index contributed by atoms with van der Waals surface area (Å²) in [7, 11) is -3.74. The molecule has 2 aromatic carbocycles. The summed E-state index contributed by atoms with van der Waals surface area (Å²) < 4.78 is 27.9. The maximum Gasteiger partial charge on any atom is 0.262 e. The van der Waals surface area contributed by atoms with Crippen LogP contribution in [0.25, 0.3) is 0 Å². The lowest BCUT2D eigenvalue weighted by atomic mass is 10.2. The highest BCUT2D eigenvalue weighted by Gasteiger charge is 2.21. The molecule has 0 aliphatic heterocycles. The van der Waals surface area contributed by atoms with Gasteiger partial charge in [0.1, 0.15) is 0 Å². The molecule has 0 aromatic heterocycles. The molecule has 1 fully saturated rings. The second-order valence-electron chi connectivity index (χ2n) is 6.57. The zero-order valence-corrected chi connectivity index (χ0v) is 15.5. The van der Waals surface area contributed by atoms with Gasteiger partial charge in [0.2, 0.25) is 5.91 Å². The van der Waals surface area contributed by atoms with Gasteiger partial charge in [0.15, 0.2) is 0 Å². The molecule has 0 atom stereocenters. The summed E-state index contributed by atoms with van der Waals surface area (Å²) in [4.78, 5) is 12.2. The highest BCUT2D eigenvalue weighted by Crippen LogP contribution is 2.27. The number of amides is 1. The van der Waals surface area contributed by atoms with E-state index in [1.165, 1.54) is 18.9 Å². The van der Waals surface area contributed by atoms with Gasteiger partial charge in [0.05, 0.1) is 11.4 Å². The number of sulfonamides is 1. The van der Waals surface area contributed by atoms with Gasteiger partial charge < -0.3 is 10.6 Å². The molecule has 0 radical (unpaired) electrons. The Kier molecular flexibility index (Phi) is 5.58. The largest absolute Gasteiger partial charge is 0.325 e. The van der Waals surface area contributed by atoms with Gasteiger partial charge in [-0.15, -0.1) is 0 Å². The number of hydrogen-bond acceptors (Lipinski definition) is 4. The van der Waals surface area contributed by atoms with Crippen molar-refractivity contribution in [1.82, 2.24) is 5.32 Å². The van der Waals surface area contributed by atoms with Crippen LogP contribution in [0, 0.1) is 12.8 Å². The van der Waals surface area contributed by atoms with Gasteiger partial charge in [-0.2, -0.15) is 0 Å². The first-order chi connectivity index (χ1) is 12.4. The van der Waals surface area contributed by atoms with E-state index in [4.69, 9.17) is 0 Å². The summed E-state index contributed by atoms with van der Waals surface area (Å²) in [6, 6.07) is 13.6. The molecule has 138 valence electrons. The Hall–Kier alpha value is -2.38. The van der Waals surface area contributed by atoms with Crippen molar-refractivity contribution in [2.45, 2.75) is 24.7 Å². The number of benzene rings is 2. The highest BCUT2D eigenvalue weighted by molar-refractivity contribution is 7.92. The number of rotatable bonds is 8. The third-order valence-electron chi connectivity index (χ3n) is 4.20. The van der Waals surface area contributed by atoms with Crippen LogP contribution in [0.5, 0.6) is 0 Å². The summed E-state index contributed by atoms with van der Waals surface area (Å²) in [5, 5.41) is 5.86. The monoisotopic (exact) mass is 373 g/mol. The van der Waals surface area contributed by atoms with Gasteiger partial charge in [0, 0.05) is 11.4 Å². The van der Waals surface area contributed by atoms with Crippen LogP contribution in [-0.2, 0) is 14.8 Å². The number of nitrogens with one attached hydrogen (secondary N) is 3. The van der Waals surface area contributed by atoms with E-state index in [0.29, 0.717) is 22.9 Å². The highest BCUT2D eigenvalue weighted by atomic mass is 32.2. The minimum Gasteiger partial charge on any atom is -0.325 e. The minimum absolute atomic E-state index is 0.144. The quantitative estimate of drug-likeness (QED) is 0.664. The van der Waals surface area contributed by atoms with Gasteiger partial charge in [0.25, 0.3) is 10.0 Å². The number of carbonyl (C=O) groups excluding carboxylic acids is 1. The molecule has 0 unspecified atom stereocenters. The molecule has 3 rings (SSSR count). The summed E-state index contributed by atoms with van der Waals surface area (Å²) in [6.45, 7) is 2.79. The number of anilines is 2. The van der Waals surface area contributed by atoms with Crippen LogP contribution in [0.3, 0.4) is 0 Å². The first-order valence-electron chi connectivity index (χ1n) is 8.63. The van der Waals surface area contributed by atoms with Crippen molar-refractivity contribution < 1.29 is 13.2 Å². The molecule has 1 amide bonds. The van der Waals surface area contributed by atoms with Crippen LogP contribution in [0.15, 0.2) is 53.4 Å². The van der Waals surface area contributed by atoms with Gasteiger partial charge in [-0.05, 0) is 62.1 Å². The van der Waals surface area contributed by atoms with Crippen molar-refractivity contribution in [2.24, 2.45) is 5.92 Å². The van der Waals surface area contributed by atoms with E-state index >= 15 is 0 Å². The maximum absolute atomic E-state index is 12.7. The molecular weight excluding hydrogens is 350 g/mol. The molecule has 0 heterocycles. The van der Waals surface area contributed by atoms with E-state index in [9.17, 15) is 13.2 Å². The second kappa shape index (κ2) is 7.88. The topological polar surface area (TPSA) is 87.3 Å². The zero-order chi connectivity index (χ0) is 18.6. The van der Waals surface area contributed by atoms with Crippen molar-refractivity contribution >= 4 is 27.3 Å². The van der Waals surface area contributed by atoms with Crippen molar-refractivity contribution in [3.05, 3.63) is 54.1 Å². The Bertz CT molecular complexity index is 878. The summed E-state index contributed by atoms with van der Waals surface area (Å²) >= 11 is 0. The fourth-order valence-electron chi connectivity index (χ4n) is 2.60. The third kappa shape index (κ3) is 5.06. The lowest BCUT2D eigenvalue weighted by Crippen LogP contribution is -2.29. The zero-order valence-electron chi connectivity index (χ0n) is 14.7. The van der Waals surface area contributed by atoms with Crippen molar-refractivity contribution in [2.75, 3.05) is 23.1 Å². The Morgan fingerprint density at radius 1 is 1.08 bits per heavy atom. The van der Waals surface area contributed by atoms with E-state index in [0.717, 1.165) is 6.54 Å². The fraction of sp³-hybridized carbons (Fsp3) is 0.316. The predicted octanol–water partition coefficient (Wildman–Crippen LogP) is 2.73. The van der Waals surface area contributed by atoms with Gasteiger partial charge >= 0.3 is 0 Å². The van der Waals surface area contributed by atoms with Crippen molar-refractivity contribution in [1.29, 1.82) is 0 Å². The van der Waals surface area contributed by atoms with Crippen LogP contribution in [0.2, 0.25) is 0 Å². The smallest absolute Gasteiger partial charge is 0.262 e. The SMILES string of the molecule is Cc1ccc(NC(=O)CNCC2CC2)cc1S(=O)(=O)Nc1ccccc1. The molecule has 1 aliphatic carbocycles. The van der Waals surface area contributed by atoms with Gasteiger partial charge in [-0.25, -0.2) is 8.42 Å². The normalized spacial score (nSPS) is 14.0. The maximum atomic E-state index is 12.7. The Labute approximate surface area is 154 Å². The van der Waals surface area contributed by atoms with Crippen LogP contribution < -0.4 is 15.4 Å². The van der Waals surface area contributed by atoms with Crippen molar-refractivity contribution in [3.8, 4) is 0 Å². The molecule has 3 N–H and O–H groups in total. The molecule has 1 aliphatic rings. The van der Waals surface area contributed by atoms with E-state index in [2.05, 4.69) is 15.4 Å². The van der Waals surface area contributed by atoms with Crippen LogP contribution in [0.1, 0.15) is 18.4 Å². The fourth-order valence-corrected chi connectivity index (χ4v) is 3.93. The van der Waals surface area contributed by atoms with Crippen LogP contribution in [0.4, 0.5) is 11.4 Å². The lowest BCUT2D eigenvalue weighted by molar-refractivity contribution is -0.115. The van der Waals surface area contributed by atoms with E-state index in [1.54, 1.807) is 43.3 Å². The first-order valence-corrected chi connectivity index (χ1v) is 10.1. The molecule has 0 spiro atoms. The molecule has 26 heavy (non-hydrogen) atoms. The second-order valence-corrected chi connectivity index (χ2v) is 8.23. The predicted molar refractivity (Wildman–Crippen MR) is 103 cm³/mol. The minimum atomic E-state index is -3.74. The van der Waals surface area contributed by atoms with Crippen LogP contribution >= 0.6 is 0 Å². The van der Waals surface area contributed by atoms with E-state index < -0.39 is 10.0 Å². The Morgan fingerprint density at radius 2 is 1.81 bits per heavy atom.